The van der Waals surface area contributed by atoms with E-state index < -0.39 is 0 Å². The molecule has 4 nitrogen and oxygen atoms in total. The molecule has 0 saturated carbocycles. The van der Waals surface area contributed by atoms with E-state index in [0.717, 1.165) is 4.22 Å². The number of carbonyl (C=O) groups excluding carboxylic acids is 2. The molecule has 1 rings (SSSR count). The Morgan fingerprint density at radius 3 is 1.91 bits per heavy atom. The van der Waals surface area contributed by atoms with Gasteiger partial charge >= 0.3 is 75.7 Å². The van der Waals surface area contributed by atoms with Crippen molar-refractivity contribution in [2.75, 3.05) is 0 Å². The van der Waals surface area contributed by atoms with E-state index in [9.17, 15) is 9.59 Å². The molecule has 6 heteroatoms. The van der Waals surface area contributed by atoms with Crippen LogP contribution < -0.4 is 0 Å². The van der Waals surface area contributed by atoms with Crippen LogP contribution in [-0.2, 0) is 9.59 Å². The van der Waals surface area contributed by atoms with Gasteiger partial charge in [-0.15, -0.1) is 0 Å². The summed E-state index contributed by atoms with van der Waals surface area (Å²) >= 11 is 0.671. The SMILES string of the molecule is O=C=NC1[Se]C[Se]C1N=C=O. The number of nitrogens with zero attached hydrogens (tertiary/aromatic N) is 2. The molecule has 0 aliphatic carbocycles. The van der Waals surface area contributed by atoms with Crippen LogP contribution in [0.15, 0.2) is 9.98 Å². The summed E-state index contributed by atoms with van der Waals surface area (Å²) in [6.45, 7) is 0. The van der Waals surface area contributed by atoms with Crippen molar-refractivity contribution in [2.45, 2.75) is 14.1 Å². The van der Waals surface area contributed by atoms with E-state index in [0.29, 0.717) is 29.9 Å². The average Bonchev–Trinajstić information content (AvgIpc) is 2.39. The van der Waals surface area contributed by atoms with Crippen molar-refractivity contribution in [3.63, 3.8) is 0 Å². The molecular weight excluding hydrogens is 278 g/mol. The van der Waals surface area contributed by atoms with Gasteiger partial charge in [0.25, 0.3) is 0 Å². The summed E-state index contributed by atoms with van der Waals surface area (Å²) in [5, 5.41) is 0. The van der Waals surface area contributed by atoms with E-state index in [4.69, 9.17) is 0 Å². The van der Waals surface area contributed by atoms with Crippen LogP contribution in [0.5, 0.6) is 0 Å². The first-order valence-corrected chi connectivity index (χ1v) is 7.15. The van der Waals surface area contributed by atoms with Gasteiger partial charge < -0.3 is 0 Å². The summed E-state index contributed by atoms with van der Waals surface area (Å²) < 4.78 is 1.09. The molecule has 1 saturated heterocycles. The minimum atomic E-state index is -0.0403. The van der Waals surface area contributed by atoms with Gasteiger partial charge in [-0.25, -0.2) is 0 Å². The molecule has 0 aromatic rings. The number of hydrogen-bond donors (Lipinski definition) is 0. The van der Waals surface area contributed by atoms with Gasteiger partial charge in [0.1, 0.15) is 0 Å². The van der Waals surface area contributed by atoms with Gasteiger partial charge in [-0.3, -0.25) is 0 Å². The second kappa shape index (κ2) is 4.63. The molecule has 1 heterocycles. The third-order valence-corrected chi connectivity index (χ3v) is 8.45. The van der Waals surface area contributed by atoms with Crippen LogP contribution in [0.1, 0.15) is 0 Å². The summed E-state index contributed by atoms with van der Waals surface area (Å²) in [6.07, 6.45) is 3.02. The molecule has 1 aliphatic heterocycles. The van der Waals surface area contributed by atoms with Crippen molar-refractivity contribution in [1.82, 2.24) is 0 Å². The standard InChI is InChI=1S/C5H4N2O2Se2/c8-1-6-4-5(7-2-9)11-3-10-4/h4-5H,3H2. The Morgan fingerprint density at radius 1 is 1.09 bits per heavy atom. The van der Waals surface area contributed by atoms with Gasteiger partial charge in [0.2, 0.25) is 0 Å². The molecule has 11 heavy (non-hydrogen) atoms. The molecule has 58 valence electrons. The Kier molecular flexibility index (Phi) is 3.74. The molecule has 0 aromatic carbocycles. The van der Waals surface area contributed by atoms with Crippen molar-refractivity contribution < 1.29 is 9.59 Å². The normalized spacial score (nSPS) is 28.7. The van der Waals surface area contributed by atoms with Crippen LogP contribution in [0, 0.1) is 0 Å². The van der Waals surface area contributed by atoms with Crippen molar-refractivity contribution in [1.29, 1.82) is 0 Å². The topological polar surface area (TPSA) is 58.9 Å². The summed E-state index contributed by atoms with van der Waals surface area (Å²) in [6, 6.07) is 0. The molecule has 1 fully saturated rings. The van der Waals surface area contributed by atoms with Crippen LogP contribution >= 0.6 is 0 Å². The zero-order valence-electron chi connectivity index (χ0n) is 5.39. The van der Waals surface area contributed by atoms with Crippen molar-refractivity contribution in [2.24, 2.45) is 9.98 Å². The van der Waals surface area contributed by atoms with Crippen LogP contribution in [0.2, 0.25) is 4.22 Å². The Morgan fingerprint density at radius 2 is 1.55 bits per heavy atom. The van der Waals surface area contributed by atoms with Crippen molar-refractivity contribution >= 4 is 42.1 Å². The van der Waals surface area contributed by atoms with E-state index in [-0.39, 0.29) is 9.88 Å². The van der Waals surface area contributed by atoms with E-state index in [2.05, 4.69) is 9.98 Å². The molecule has 2 atom stereocenters. The Hall–Kier alpha value is -0.201. The molecule has 0 amide bonds. The van der Waals surface area contributed by atoms with Gasteiger partial charge in [0, 0.05) is 0 Å². The Balaban J connectivity index is 2.64. The first kappa shape index (κ1) is 8.89. The van der Waals surface area contributed by atoms with E-state index in [1.807, 2.05) is 0 Å². The van der Waals surface area contributed by atoms with Gasteiger partial charge in [-0.1, -0.05) is 0 Å². The minimum absolute atomic E-state index is 0.0403. The Labute approximate surface area is 75.9 Å². The van der Waals surface area contributed by atoms with Crippen LogP contribution in [0.3, 0.4) is 0 Å². The van der Waals surface area contributed by atoms with E-state index in [1.165, 1.54) is 12.2 Å². The second-order valence-electron chi connectivity index (χ2n) is 1.67. The summed E-state index contributed by atoms with van der Waals surface area (Å²) in [5.74, 6) is 0. The third kappa shape index (κ3) is 2.39. The molecule has 0 bridgehead atoms. The quantitative estimate of drug-likeness (QED) is 0.375. The maximum absolute atomic E-state index is 9.90. The monoisotopic (exact) mass is 284 g/mol. The number of hydrogen-bond acceptors (Lipinski definition) is 4. The molecular formula is C5H4N2O2Se2. The predicted octanol–water partition coefficient (Wildman–Crippen LogP) is -0.892. The molecule has 2 unspecified atom stereocenters. The number of rotatable bonds is 2. The second-order valence-corrected chi connectivity index (χ2v) is 8.16. The zero-order valence-corrected chi connectivity index (χ0v) is 8.82. The molecule has 0 N–H and O–H groups in total. The average molecular weight is 282 g/mol. The van der Waals surface area contributed by atoms with Gasteiger partial charge in [0.05, 0.1) is 0 Å². The summed E-state index contributed by atoms with van der Waals surface area (Å²) in [7, 11) is 0. The van der Waals surface area contributed by atoms with Crippen LogP contribution in [-0.4, -0.2) is 52.0 Å². The van der Waals surface area contributed by atoms with Gasteiger partial charge in [-0.05, 0) is 0 Å². The summed E-state index contributed by atoms with van der Waals surface area (Å²) in [4.78, 5) is 26.9. The zero-order chi connectivity index (χ0) is 8.10. The molecule has 0 aromatic heterocycles. The van der Waals surface area contributed by atoms with Gasteiger partial charge in [0.15, 0.2) is 0 Å². The molecule has 0 radical (unpaired) electrons. The number of aliphatic imine (C=N–C) groups is 2. The fourth-order valence-corrected chi connectivity index (χ4v) is 8.45. The molecule has 1 aliphatic rings. The summed E-state index contributed by atoms with van der Waals surface area (Å²) in [5.41, 5.74) is 0. The van der Waals surface area contributed by atoms with Crippen molar-refractivity contribution in [3.8, 4) is 0 Å². The number of isocyanates is 2. The molecule has 0 spiro atoms. The van der Waals surface area contributed by atoms with Crippen molar-refractivity contribution in [3.05, 3.63) is 0 Å². The fourth-order valence-electron chi connectivity index (χ4n) is 0.649. The van der Waals surface area contributed by atoms with Crippen LogP contribution in [0.4, 0.5) is 0 Å². The third-order valence-electron chi connectivity index (χ3n) is 1.08. The maximum atomic E-state index is 9.90. The van der Waals surface area contributed by atoms with Gasteiger partial charge in [-0.2, -0.15) is 0 Å². The Bertz CT molecular complexity index is 209. The predicted molar refractivity (Wildman–Crippen MR) is 40.1 cm³/mol. The first-order valence-electron chi connectivity index (χ1n) is 2.75. The van der Waals surface area contributed by atoms with Crippen LogP contribution in [0.25, 0.3) is 0 Å². The van der Waals surface area contributed by atoms with E-state index in [1.54, 1.807) is 0 Å². The van der Waals surface area contributed by atoms with E-state index >= 15 is 0 Å². The first-order chi connectivity index (χ1) is 5.38. The fraction of sp³-hybridized carbons (Fsp3) is 0.600.